The molecule has 0 spiro atoms. The number of likely N-dealkylation sites (tertiary alicyclic amines) is 1. The van der Waals surface area contributed by atoms with E-state index in [9.17, 15) is 9.59 Å². The first kappa shape index (κ1) is 15.0. The van der Waals surface area contributed by atoms with Crippen LogP contribution in [0.4, 0.5) is 4.79 Å². The third-order valence-corrected chi connectivity index (χ3v) is 3.06. The van der Waals surface area contributed by atoms with Gasteiger partial charge in [-0.15, -0.1) is 0 Å². The van der Waals surface area contributed by atoms with Gasteiger partial charge in [0.05, 0.1) is 0 Å². The summed E-state index contributed by atoms with van der Waals surface area (Å²) in [5.74, 6) is 0.231. The molecule has 4 nitrogen and oxygen atoms in total. The number of ether oxygens (including phenoxy) is 1. The van der Waals surface area contributed by atoms with E-state index in [0.29, 0.717) is 19.4 Å². The maximum Gasteiger partial charge on any atom is 0.410 e. The summed E-state index contributed by atoms with van der Waals surface area (Å²) >= 11 is 0. The van der Waals surface area contributed by atoms with E-state index in [-0.39, 0.29) is 23.3 Å². The highest BCUT2D eigenvalue weighted by atomic mass is 16.6. The molecule has 4 heteroatoms. The zero-order valence-electron chi connectivity index (χ0n) is 12.4. The maximum atomic E-state index is 12.2. The van der Waals surface area contributed by atoms with Crippen LogP contribution in [0.25, 0.3) is 0 Å². The molecule has 0 aromatic heterocycles. The molecule has 1 heterocycles. The van der Waals surface area contributed by atoms with Gasteiger partial charge in [0.1, 0.15) is 11.4 Å². The SMILES string of the molecule is CC(C)(C)OC(=O)N1CCC(=O)CC1C(C)(C)C. The molecule has 0 aromatic carbocycles. The van der Waals surface area contributed by atoms with Crippen molar-refractivity contribution < 1.29 is 14.3 Å². The van der Waals surface area contributed by atoms with Gasteiger partial charge < -0.3 is 9.64 Å². The number of carbonyl (C=O) groups is 2. The summed E-state index contributed by atoms with van der Waals surface area (Å²) < 4.78 is 5.41. The Balaban J connectivity index is 2.84. The summed E-state index contributed by atoms with van der Waals surface area (Å²) in [5, 5.41) is 0. The predicted octanol–water partition coefficient (Wildman–Crippen LogP) is 3.00. The van der Waals surface area contributed by atoms with E-state index in [0.717, 1.165) is 0 Å². The van der Waals surface area contributed by atoms with Gasteiger partial charge in [0.25, 0.3) is 0 Å². The monoisotopic (exact) mass is 255 g/mol. The molecule has 1 amide bonds. The molecule has 1 fully saturated rings. The lowest BCUT2D eigenvalue weighted by Gasteiger charge is -2.42. The van der Waals surface area contributed by atoms with Crippen LogP contribution in [0.2, 0.25) is 0 Å². The number of rotatable bonds is 0. The molecule has 0 radical (unpaired) electrons. The van der Waals surface area contributed by atoms with E-state index < -0.39 is 5.60 Å². The Kier molecular flexibility index (Phi) is 4.08. The highest BCUT2D eigenvalue weighted by Crippen LogP contribution is 2.31. The quantitative estimate of drug-likeness (QED) is 0.668. The second kappa shape index (κ2) is 4.90. The number of amides is 1. The Morgan fingerprint density at radius 2 is 1.78 bits per heavy atom. The first-order valence-electron chi connectivity index (χ1n) is 6.52. The van der Waals surface area contributed by atoms with Gasteiger partial charge in [-0.3, -0.25) is 4.79 Å². The van der Waals surface area contributed by atoms with Crippen LogP contribution in [0.5, 0.6) is 0 Å². The average molecular weight is 255 g/mol. The highest BCUT2D eigenvalue weighted by Gasteiger charge is 2.39. The van der Waals surface area contributed by atoms with E-state index in [1.54, 1.807) is 4.90 Å². The molecule has 0 aromatic rings. The lowest BCUT2D eigenvalue weighted by molar-refractivity contribution is -0.124. The van der Waals surface area contributed by atoms with Crippen LogP contribution < -0.4 is 0 Å². The van der Waals surface area contributed by atoms with Crippen molar-refractivity contribution in [3.63, 3.8) is 0 Å². The van der Waals surface area contributed by atoms with E-state index in [1.165, 1.54) is 0 Å². The van der Waals surface area contributed by atoms with Crippen molar-refractivity contribution in [3.05, 3.63) is 0 Å². The third-order valence-electron chi connectivity index (χ3n) is 3.06. The summed E-state index contributed by atoms with van der Waals surface area (Å²) in [6.45, 7) is 12.2. The molecule has 1 aliphatic heterocycles. The van der Waals surface area contributed by atoms with Crippen LogP contribution in [0.15, 0.2) is 0 Å². The first-order chi connectivity index (χ1) is 8.00. The average Bonchev–Trinajstić information content (AvgIpc) is 2.13. The molecular weight excluding hydrogens is 230 g/mol. The zero-order chi connectivity index (χ0) is 14.1. The van der Waals surface area contributed by atoms with Crippen LogP contribution in [0, 0.1) is 5.41 Å². The van der Waals surface area contributed by atoms with Gasteiger partial charge in [-0.25, -0.2) is 4.79 Å². The minimum absolute atomic E-state index is 0.0754. The number of hydrogen-bond donors (Lipinski definition) is 0. The van der Waals surface area contributed by atoms with Crippen LogP contribution >= 0.6 is 0 Å². The second-order valence-electron chi connectivity index (χ2n) is 7.05. The number of Topliss-reactive ketones (excluding diaryl/α,β-unsaturated/α-hetero) is 1. The molecule has 1 rings (SSSR count). The Hall–Kier alpha value is -1.06. The number of nitrogens with zero attached hydrogens (tertiary/aromatic N) is 1. The smallest absolute Gasteiger partial charge is 0.410 e. The van der Waals surface area contributed by atoms with Gasteiger partial charge in [-0.2, -0.15) is 0 Å². The Bertz CT molecular complexity index is 336. The number of hydrogen-bond acceptors (Lipinski definition) is 3. The van der Waals surface area contributed by atoms with Crippen molar-refractivity contribution in [1.29, 1.82) is 0 Å². The molecule has 0 N–H and O–H groups in total. The summed E-state index contributed by atoms with van der Waals surface area (Å²) in [4.78, 5) is 25.5. The van der Waals surface area contributed by atoms with Crippen molar-refractivity contribution in [3.8, 4) is 0 Å². The third kappa shape index (κ3) is 4.00. The van der Waals surface area contributed by atoms with E-state index in [4.69, 9.17) is 4.74 Å². The van der Waals surface area contributed by atoms with Gasteiger partial charge in [0.15, 0.2) is 0 Å². The first-order valence-corrected chi connectivity index (χ1v) is 6.52. The largest absolute Gasteiger partial charge is 0.444 e. The number of piperidine rings is 1. The molecule has 1 saturated heterocycles. The molecular formula is C14H25NO3. The van der Waals surface area contributed by atoms with Crippen molar-refractivity contribution in [1.82, 2.24) is 4.90 Å². The number of carbonyl (C=O) groups excluding carboxylic acids is 2. The Labute approximate surface area is 110 Å². The fraction of sp³-hybridized carbons (Fsp3) is 0.857. The van der Waals surface area contributed by atoms with Crippen LogP contribution in [0.1, 0.15) is 54.4 Å². The summed E-state index contributed by atoms with van der Waals surface area (Å²) in [6, 6.07) is -0.0754. The second-order valence-corrected chi connectivity index (χ2v) is 7.05. The van der Waals surface area contributed by atoms with Crippen molar-refractivity contribution in [2.24, 2.45) is 5.41 Å². The lowest BCUT2D eigenvalue weighted by Crippen LogP contribution is -2.53. The highest BCUT2D eigenvalue weighted by molar-refractivity contribution is 5.82. The van der Waals surface area contributed by atoms with Gasteiger partial charge in [0.2, 0.25) is 0 Å². The van der Waals surface area contributed by atoms with Crippen LogP contribution in [0.3, 0.4) is 0 Å². The summed E-state index contributed by atoms with van der Waals surface area (Å²) in [7, 11) is 0. The zero-order valence-corrected chi connectivity index (χ0v) is 12.4. The van der Waals surface area contributed by atoms with Crippen LogP contribution in [-0.4, -0.2) is 35.0 Å². The Morgan fingerprint density at radius 1 is 1.22 bits per heavy atom. The fourth-order valence-corrected chi connectivity index (χ4v) is 2.14. The predicted molar refractivity (Wildman–Crippen MR) is 70.4 cm³/mol. The van der Waals surface area contributed by atoms with Gasteiger partial charge in [-0.1, -0.05) is 20.8 Å². The van der Waals surface area contributed by atoms with E-state index in [1.807, 2.05) is 41.5 Å². The molecule has 104 valence electrons. The van der Waals surface area contributed by atoms with Gasteiger partial charge in [-0.05, 0) is 26.2 Å². The topological polar surface area (TPSA) is 46.6 Å². The molecule has 1 unspecified atom stereocenters. The van der Waals surface area contributed by atoms with Crippen molar-refractivity contribution in [2.45, 2.75) is 66.0 Å². The normalized spacial score (nSPS) is 22.0. The summed E-state index contributed by atoms with van der Waals surface area (Å²) in [6.07, 6.45) is 0.559. The van der Waals surface area contributed by atoms with Crippen molar-refractivity contribution in [2.75, 3.05) is 6.54 Å². The minimum Gasteiger partial charge on any atom is -0.444 e. The molecule has 1 atom stereocenters. The maximum absolute atomic E-state index is 12.2. The van der Waals surface area contributed by atoms with Crippen LogP contribution in [-0.2, 0) is 9.53 Å². The standard InChI is InChI=1S/C14H25NO3/c1-13(2,3)11-9-10(16)7-8-15(11)12(17)18-14(4,5)6/h11H,7-9H2,1-6H3. The fourth-order valence-electron chi connectivity index (χ4n) is 2.14. The molecule has 0 saturated carbocycles. The van der Waals surface area contributed by atoms with E-state index in [2.05, 4.69) is 0 Å². The summed E-state index contributed by atoms with van der Waals surface area (Å²) in [5.41, 5.74) is -0.617. The number of ketones is 1. The van der Waals surface area contributed by atoms with Gasteiger partial charge >= 0.3 is 6.09 Å². The Morgan fingerprint density at radius 3 is 2.22 bits per heavy atom. The lowest BCUT2D eigenvalue weighted by atomic mass is 9.80. The molecule has 18 heavy (non-hydrogen) atoms. The van der Waals surface area contributed by atoms with E-state index >= 15 is 0 Å². The van der Waals surface area contributed by atoms with Crippen molar-refractivity contribution >= 4 is 11.9 Å². The van der Waals surface area contributed by atoms with Gasteiger partial charge in [0, 0.05) is 25.4 Å². The minimum atomic E-state index is -0.499. The molecule has 0 bridgehead atoms. The molecule has 0 aliphatic carbocycles. The molecule has 1 aliphatic rings.